The zero-order chi connectivity index (χ0) is 37.0. The molecule has 0 aliphatic rings. The van der Waals surface area contributed by atoms with E-state index in [-0.39, 0.29) is 0 Å². The van der Waals surface area contributed by atoms with Gasteiger partial charge in [0.05, 0.1) is 17.1 Å². The summed E-state index contributed by atoms with van der Waals surface area (Å²) in [5.74, 6) is 0.675. The highest BCUT2D eigenvalue weighted by molar-refractivity contribution is 7.26. The van der Waals surface area contributed by atoms with Gasteiger partial charge in [-0.3, -0.25) is 4.98 Å². The Morgan fingerprint density at radius 1 is 0.411 bits per heavy atom. The van der Waals surface area contributed by atoms with Gasteiger partial charge in [0.15, 0.2) is 5.82 Å². The molecule has 4 heterocycles. The van der Waals surface area contributed by atoms with Crippen LogP contribution in [0.25, 0.3) is 110 Å². The van der Waals surface area contributed by atoms with Crippen molar-refractivity contribution in [2.45, 2.75) is 0 Å². The van der Waals surface area contributed by atoms with Gasteiger partial charge in [-0.05, 0) is 47.5 Å². The molecule has 0 aliphatic heterocycles. The first kappa shape index (κ1) is 32.2. The largest absolute Gasteiger partial charge is 0.455 e. The summed E-state index contributed by atoms with van der Waals surface area (Å²) in [4.78, 5) is 14.9. The number of hydrogen-bond acceptors (Lipinski definition) is 5. The van der Waals surface area contributed by atoms with Crippen molar-refractivity contribution in [2.24, 2.45) is 0 Å². The van der Waals surface area contributed by atoms with E-state index in [1.165, 1.54) is 25.7 Å². The molecule has 262 valence electrons. The van der Waals surface area contributed by atoms with Gasteiger partial charge in [-0.2, -0.15) is 0 Å². The van der Waals surface area contributed by atoms with Gasteiger partial charge in [0.2, 0.25) is 0 Å². The van der Waals surface area contributed by atoms with Crippen LogP contribution in [-0.4, -0.2) is 15.0 Å². The Bertz CT molecular complexity index is 3240. The Hall–Kier alpha value is -7.21. The number of furan rings is 1. The van der Waals surface area contributed by atoms with Crippen LogP contribution in [-0.2, 0) is 0 Å². The zero-order valence-corrected chi connectivity index (χ0v) is 30.9. The summed E-state index contributed by atoms with van der Waals surface area (Å²) >= 11 is 1.84. The third-order valence-corrected chi connectivity index (χ3v) is 11.8. The summed E-state index contributed by atoms with van der Waals surface area (Å²) < 4.78 is 9.31. The highest BCUT2D eigenvalue weighted by Crippen LogP contribution is 2.46. The second-order valence-corrected chi connectivity index (χ2v) is 15.0. The van der Waals surface area contributed by atoms with Crippen LogP contribution < -0.4 is 0 Å². The molecule has 4 aromatic heterocycles. The number of thiophene rings is 1. The van der Waals surface area contributed by atoms with Gasteiger partial charge in [-0.15, -0.1) is 11.3 Å². The second-order valence-electron chi connectivity index (χ2n) is 13.9. The van der Waals surface area contributed by atoms with Gasteiger partial charge in [0, 0.05) is 70.5 Å². The summed E-state index contributed by atoms with van der Waals surface area (Å²) in [6, 6.07) is 63.4. The van der Waals surface area contributed by atoms with E-state index in [4.69, 9.17) is 14.4 Å². The third-order valence-electron chi connectivity index (χ3n) is 10.6. The van der Waals surface area contributed by atoms with Gasteiger partial charge >= 0.3 is 0 Å². The molecule has 0 spiro atoms. The van der Waals surface area contributed by atoms with Crippen molar-refractivity contribution in [3.05, 3.63) is 188 Å². The van der Waals surface area contributed by atoms with Gasteiger partial charge in [0.25, 0.3) is 0 Å². The predicted octanol–water partition coefficient (Wildman–Crippen LogP) is 14.1. The maximum atomic E-state index is 6.75. The number of pyridine rings is 1. The maximum Gasteiger partial charge on any atom is 0.160 e. The minimum absolute atomic E-state index is 0.675. The fourth-order valence-electron chi connectivity index (χ4n) is 7.96. The average molecular weight is 734 g/mol. The third kappa shape index (κ3) is 5.40. The predicted molar refractivity (Wildman–Crippen MR) is 233 cm³/mol. The van der Waals surface area contributed by atoms with Gasteiger partial charge in [0.1, 0.15) is 11.2 Å². The molecule has 0 radical (unpaired) electrons. The van der Waals surface area contributed by atoms with E-state index in [1.807, 2.05) is 66.1 Å². The number of fused-ring (bicyclic) bond motifs is 6. The number of nitrogens with zero attached hydrogens (tertiary/aromatic N) is 3. The van der Waals surface area contributed by atoms with Crippen LogP contribution >= 0.6 is 11.3 Å². The fraction of sp³-hybridized carbons (Fsp3) is 0. The van der Waals surface area contributed by atoms with Crippen molar-refractivity contribution >= 4 is 53.4 Å². The molecule has 4 nitrogen and oxygen atoms in total. The SMILES string of the molecule is c1ccc(-c2nc(-c3ccc(-c4ccc(-c5cccc6c5sc5ccccc56)c5oc6ccccc6c45)cc3)cc(-c3ccccc3-c3ccccn3)n2)cc1. The second kappa shape index (κ2) is 13.3. The fourth-order valence-corrected chi connectivity index (χ4v) is 9.19. The van der Waals surface area contributed by atoms with E-state index in [0.717, 1.165) is 78.0 Å². The monoisotopic (exact) mass is 733 g/mol. The summed E-state index contributed by atoms with van der Waals surface area (Å²) in [6.07, 6.45) is 1.83. The first-order valence-electron chi connectivity index (χ1n) is 18.7. The van der Waals surface area contributed by atoms with E-state index >= 15 is 0 Å². The van der Waals surface area contributed by atoms with Gasteiger partial charge < -0.3 is 4.42 Å². The number of benzene rings is 7. The molecular formula is C51H31N3OS. The number of aromatic nitrogens is 3. The lowest BCUT2D eigenvalue weighted by Crippen LogP contribution is -1.97. The highest BCUT2D eigenvalue weighted by atomic mass is 32.1. The molecule has 11 rings (SSSR count). The smallest absolute Gasteiger partial charge is 0.160 e. The Kier molecular flexibility index (Phi) is 7.64. The van der Waals surface area contributed by atoms with Crippen molar-refractivity contribution in [3.63, 3.8) is 0 Å². The van der Waals surface area contributed by atoms with Crippen molar-refractivity contribution in [3.8, 4) is 67.4 Å². The Labute approximate surface area is 327 Å². The Balaban J connectivity index is 1.05. The highest BCUT2D eigenvalue weighted by Gasteiger charge is 2.20. The molecule has 0 N–H and O–H groups in total. The molecule has 5 heteroatoms. The summed E-state index contributed by atoms with van der Waals surface area (Å²) in [6.45, 7) is 0. The standard InChI is InChI=1S/C51H31N3OS/c1-2-13-34(14-3-1)51-53-44(31-45(54-51)37-16-5-4-15-36(37)43-21-10-11-30-52-43)33-26-24-32(25-27-33)35-28-29-39(49-48(35)42-18-6-8-22-46(42)55-49)41-20-12-19-40-38-17-7-9-23-47(38)56-50(40)41/h1-31H. The zero-order valence-electron chi connectivity index (χ0n) is 30.1. The molecule has 0 bridgehead atoms. The molecule has 7 aromatic carbocycles. The van der Waals surface area contributed by atoms with Crippen LogP contribution in [0.2, 0.25) is 0 Å². The van der Waals surface area contributed by atoms with E-state index < -0.39 is 0 Å². The molecule has 0 amide bonds. The van der Waals surface area contributed by atoms with Crippen molar-refractivity contribution < 1.29 is 4.42 Å². The Morgan fingerprint density at radius 2 is 1.07 bits per heavy atom. The van der Waals surface area contributed by atoms with E-state index in [9.17, 15) is 0 Å². The lowest BCUT2D eigenvalue weighted by Gasteiger charge is -2.13. The molecule has 0 atom stereocenters. The van der Waals surface area contributed by atoms with Crippen molar-refractivity contribution in [1.82, 2.24) is 15.0 Å². The molecule has 11 aromatic rings. The molecule has 0 saturated carbocycles. The minimum Gasteiger partial charge on any atom is -0.455 e. The topological polar surface area (TPSA) is 51.8 Å². The van der Waals surface area contributed by atoms with E-state index in [1.54, 1.807) is 0 Å². The van der Waals surface area contributed by atoms with E-state index in [2.05, 4.69) is 138 Å². The van der Waals surface area contributed by atoms with Crippen LogP contribution in [0.15, 0.2) is 193 Å². The van der Waals surface area contributed by atoms with Crippen molar-refractivity contribution in [1.29, 1.82) is 0 Å². The van der Waals surface area contributed by atoms with E-state index in [0.29, 0.717) is 5.82 Å². The molecule has 0 aliphatic carbocycles. The first-order valence-corrected chi connectivity index (χ1v) is 19.5. The molecule has 56 heavy (non-hydrogen) atoms. The maximum absolute atomic E-state index is 6.75. The summed E-state index contributed by atoms with van der Waals surface area (Å²) in [5.41, 5.74) is 12.9. The van der Waals surface area contributed by atoms with Crippen molar-refractivity contribution in [2.75, 3.05) is 0 Å². The Morgan fingerprint density at radius 3 is 1.91 bits per heavy atom. The van der Waals surface area contributed by atoms with Crippen LogP contribution in [0.3, 0.4) is 0 Å². The van der Waals surface area contributed by atoms with Crippen LogP contribution in [0.5, 0.6) is 0 Å². The molecular weight excluding hydrogens is 703 g/mol. The lowest BCUT2D eigenvalue weighted by molar-refractivity contribution is 0.670. The summed E-state index contributed by atoms with van der Waals surface area (Å²) in [5, 5.41) is 4.78. The normalized spacial score (nSPS) is 11.6. The number of hydrogen-bond donors (Lipinski definition) is 0. The number of para-hydroxylation sites is 1. The van der Waals surface area contributed by atoms with Crippen LogP contribution in [0, 0.1) is 0 Å². The molecule has 0 unspecified atom stereocenters. The van der Waals surface area contributed by atoms with Gasteiger partial charge in [-0.1, -0.05) is 146 Å². The first-order chi connectivity index (χ1) is 27.8. The number of rotatable bonds is 6. The molecule has 0 saturated heterocycles. The van der Waals surface area contributed by atoms with Crippen LogP contribution in [0.1, 0.15) is 0 Å². The summed E-state index contributed by atoms with van der Waals surface area (Å²) in [7, 11) is 0. The molecule has 0 fully saturated rings. The quantitative estimate of drug-likeness (QED) is 0.171. The van der Waals surface area contributed by atoms with Crippen LogP contribution in [0.4, 0.5) is 0 Å². The minimum atomic E-state index is 0.675. The lowest BCUT2D eigenvalue weighted by atomic mass is 9.93. The van der Waals surface area contributed by atoms with Gasteiger partial charge in [-0.25, -0.2) is 9.97 Å². The average Bonchev–Trinajstić information content (AvgIpc) is 3.86.